The number of hydrogen-bond acceptors (Lipinski definition) is 5. The highest BCUT2D eigenvalue weighted by Gasteiger charge is 2.22. The molecule has 0 fully saturated rings. The summed E-state index contributed by atoms with van der Waals surface area (Å²) in [5, 5.41) is 27.5. The maximum atomic E-state index is 10.9. The number of rotatable bonds is 7. The van der Waals surface area contributed by atoms with Crippen LogP contribution in [0.25, 0.3) is 0 Å². The molecule has 0 saturated heterocycles. The minimum Gasteiger partial charge on any atom is -0.634 e. The van der Waals surface area contributed by atoms with Gasteiger partial charge in [-0.15, -0.1) is 0 Å². The number of carbonyl (C=O) groups is 2. The second-order valence-corrected chi connectivity index (χ2v) is 4.06. The van der Waals surface area contributed by atoms with Gasteiger partial charge in [0.1, 0.15) is 6.04 Å². The highest BCUT2D eigenvalue weighted by atomic mass is 32.2. The van der Waals surface area contributed by atoms with Crippen molar-refractivity contribution in [3.05, 3.63) is 5.21 Å². The predicted octanol–water partition coefficient (Wildman–Crippen LogP) is -2.40. The Labute approximate surface area is 90.8 Å². The Balaban J connectivity index is 3.92. The molecule has 5 N–H and O–H groups in total. The molecule has 0 aromatic heterocycles. The third-order valence-corrected chi connectivity index (χ3v) is 2.85. The standard InChI is InChI=1S/C7H14N2O5S/c1-9(14)5(7(12)13)3-15-2-4(8)6(10)11/h4-5,9H,2-3,8H2,1H3,(H,10,11)(H,12,13)/t4-,5-/m0/s1. The number of nitrogens with two attached hydrogens (primary N) is 1. The van der Waals surface area contributed by atoms with Crippen molar-refractivity contribution in [1.29, 1.82) is 0 Å². The third kappa shape index (κ3) is 5.57. The van der Waals surface area contributed by atoms with E-state index in [2.05, 4.69) is 0 Å². The fourth-order valence-electron chi connectivity index (χ4n) is 0.747. The lowest BCUT2D eigenvalue weighted by Crippen LogP contribution is -3.10. The van der Waals surface area contributed by atoms with E-state index in [0.717, 1.165) is 11.8 Å². The number of aliphatic carboxylic acids is 2. The zero-order valence-electron chi connectivity index (χ0n) is 8.17. The van der Waals surface area contributed by atoms with Gasteiger partial charge in [-0.3, -0.25) is 4.79 Å². The van der Waals surface area contributed by atoms with E-state index in [4.69, 9.17) is 15.9 Å². The zero-order chi connectivity index (χ0) is 12.0. The van der Waals surface area contributed by atoms with E-state index in [0.29, 0.717) is 0 Å². The van der Waals surface area contributed by atoms with Gasteiger partial charge in [0.05, 0.1) is 12.8 Å². The fourth-order valence-corrected chi connectivity index (χ4v) is 1.89. The van der Waals surface area contributed by atoms with E-state index in [-0.39, 0.29) is 11.5 Å². The number of thioether (sulfide) groups is 1. The molecule has 0 saturated carbocycles. The van der Waals surface area contributed by atoms with Crippen LogP contribution in [-0.4, -0.2) is 52.8 Å². The van der Waals surface area contributed by atoms with Crippen molar-refractivity contribution in [3.8, 4) is 0 Å². The second kappa shape index (κ2) is 6.62. The van der Waals surface area contributed by atoms with Crippen molar-refractivity contribution in [2.75, 3.05) is 18.6 Å². The molecule has 8 heteroatoms. The lowest BCUT2D eigenvalue weighted by Gasteiger charge is -2.23. The predicted molar refractivity (Wildman–Crippen MR) is 54.6 cm³/mol. The molecule has 0 amide bonds. The van der Waals surface area contributed by atoms with Gasteiger partial charge in [0, 0.05) is 5.75 Å². The molecule has 88 valence electrons. The van der Waals surface area contributed by atoms with Crippen molar-refractivity contribution in [1.82, 2.24) is 0 Å². The van der Waals surface area contributed by atoms with E-state index in [1.54, 1.807) is 0 Å². The van der Waals surface area contributed by atoms with Crippen LogP contribution >= 0.6 is 11.8 Å². The summed E-state index contributed by atoms with van der Waals surface area (Å²) in [4.78, 5) is 20.9. The molecule has 0 bridgehead atoms. The molecule has 0 rings (SSSR count). The molecule has 0 radical (unpaired) electrons. The molecule has 0 aliphatic heterocycles. The summed E-state index contributed by atoms with van der Waals surface area (Å²) in [6.45, 7) is 0. The number of carboxylic acid groups (broad SMARTS) is 2. The summed E-state index contributed by atoms with van der Waals surface area (Å²) in [5.41, 5.74) is 5.20. The Hall–Kier alpha value is -0.830. The minimum absolute atomic E-state index is 0.0473. The van der Waals surface area contributed by atoms with Crippen LogP contribution in [0, 0.1) is 5.21 Å². The first-order valence-corrected chi connectivity index (χ1v) is 5.31. The van der Waals surface area contributed by atoms with Gasteiger partial charge < -0.3 is 26.2 Å². The average Bonchev–Trinajstić information content (AvgIpc) is 2.10. The number of hydroxylamine groups is 2. The first-order valence-electron chi connectivity index (χ1n) is 4.15. The van der Waals surface area contributed by atoms with E-state index in [1.807, 2.05) is 0 Å². The van der Waals surface area contributed by atoms with E-state index < -0.39 is 29.1 Å². The van der Waals surface area contributed by atoms with Gasteiger partial charge in [-0.2, -0.15) is 11.8 Å². The van der Waals surface area contributed by atoms with Crippen LogP contribution in [0.2, 0.25) is 0 Å². The lowest BCUT2D eigenvalue weighted by molar-refractivity contribution is -0.841. The molecular weight excluding hydrogens is 224 g/mol. The fraction of sp³-hybridized carbons (Fsp3) is 0.714. The van der Waals surface area contributed by atoms with Crippen LogP contribution in [0.3, 0.4) is 0 Å². The molecule has 0 aliphatic carbocycles. The highest BCUT2D eigenvalue weighted by molar-refractivity contribution is 7.99. The maximum Gasteiger partial charge on any atom is 0.363 e. The molecule has 0 aromatic rings. The highest BCUT2D eigenvalue weighted by Crippen LogP contribution is 2.03. The van der Waals surface area contributed by atoms with Crippen LogP contribution in [0.5, 0.6) is 0 Å². The maximum absolute atomic E-state index is 10.9. The van der Waals surface area contributed by atoms with Crippen molar-refractivity contribution in [2.45, 2.75) is 12.1 Å². The molecule has 7 nitrogen and oxygen atoms in total. The number of carboxylic acids is 2. The minimum atomic E-state index is -1.20. The van der Waals surface area contributed by atoms with Crippen LogP contribution in [0.4, 0.5) is 0 Å². The molecule has 1 unspecified atom stereocenters. The topological polar surface area (TPSA) is 128 Å². The average molecular weight is 238 g/mol. The van der Waals surface area contributed by atoms with E-state index >= 15 is 0 Å². The van der Waals surface area contributed by atoms with Crippen molar-refractivity contribution >= 4 is 23.7 Å². The number of hydrogen-bond donors (Lipinski definition) is 4. The smallest absolute Gasteiger partial charge is 0.363 e. The molecule has 3 atom stereocenters. The zero-order valence-corrected chi connectivity index (χ0v) is 8.99. The molecule has 0 aromatic carbocycles. The van der Waals surface area contributed by atoms with Gasteiger partial charge in [-0.1, -0.05) is 0 Å². The Kier molecular flexibility index (Phi) is 6.25. The van der Waals surface area contributed by atoms with Gasteiger partial charge in [0.25, 0.3) is 0 Å². The van der Waals surface area contributed by atoms with Gasteiger partial charge in [-0.25, -0.2) is 4.79 Å². The van der Waals surface area contributed by atoms with Crippen molar-refractivity contribution < 1.29 is 24.9 Å². The van der Waals surface area contributed by atoms with Crippen LogP contribution in [0.15, 0.2) is 0 Å². The van der Waals surface area contributed by atoms with Crippen molar-refractivity contribution in [3.63, 3.8) is 0 Å². The number of likely N-dealkylation sites (N-methyl/N-ethyl adjacent to an activating group) is 1. The number of nitrogens with one attached hydrogen (secondary N) is 1. The Morgan fingerprint density at radius 1 is 1.40 bits per heavy atom. The molecular formula is C7H14N2O5S. The molecule has 0 spiro atoms. The monoisotopic (exact) mass is 238 g/mol. The van der Waals surface area contributed by atoms with Gasteiger partial charge in [-0.05, 0) is 0 Å². The first-order chi connectivity index (χ1) is 6.86. The molecule has 15 heavy (non-hydrogen) atoms. The van der Waals surface area contributed by atoms with E-state index in [9.17, 15) is 14.8 Å². The largest absolute Gasteiger partial charge is 0.634 e. The summed E-state index contributed by atoms with van der Waals surface area (Å²) in [7, 11) is 1.19. The summed E-state index contributed by atoms with van der Waals surface area (Å²) in [5.74, 6) is -2.20. The lowest BCUT2D eigenvalue weighted by atomic mass is 10.3. The second-order valence-electron chi connectivity index (χ2n) is 2.98. The van der Waals surface area contributed by atoms with Crippen LogP contribution < -0.4 is 10.8 Å². The van der Waals surface area contributed by atoms with Gasteiger partial charge in [0.2, 0.25) is 0 Å². The Bertz CT molecular complexity index is 235. The normalized spacial score (nSPS) is 16.7. The first kappa shape index (κ1) is 14.2. The summed E-state index contributed by atoms with van der Waals surface area (Å²) in [6.07, 6.45) is 0. The number of quaternary nitrogens is 1. The van der Waals surface area contributed by atoms with Crippen LogP contribution in [-0.2, 0) is 9.59 Å². The third-order valence-electron chi connectivity index (χ3n) is 1.69. The molecule has 0 aliphatic rings. The van der Waals surface area contributed by atoms with Gasteiger partial charge >= 0.3 is 11.9 Å². The van der Waals surface area contributed by atoms with E-state index in [1.165, 1.54) is 7.05 Å². The Morgan fingerprint density at radius 2 is 1.93 bits per heavy atom. The van der Waals surface area contributed by atoms with Gasteiger partial charge in [0.15, 0.2) is 6.04 Å². The quantitative estimate of drug-likeness (QED) is 0.364. The van der Waals surface area contributed by atoms with Crippen molar-refractivity contribution in [2.24, 2.45) is 5.73 Å². The summed E-state index contributed by atoms with van der Waals surface area (Å²) >= 11 is 1.05. The summed E-state index contributed by atoms with van der Waals surface area (Å²) in [6, 6.07) is -2.12. The van der Waals surface area contributed by atoms with Crippen LogP contribution in [0.1, 0.15) is 0 Å². The Morgan fingerprint density at radius 3 is 2.27 bits per heavy atom. The SMILES string of the molecule is C[NH+]([O-])[C@@H](CSC[C@H](N)C(=O)O)C(=O)O. The summed E-state index contributed by atoms with van der Waals surface area (Å²) < 4.78 is 0. The molecule has 0 heterocycles.